The first kappa shape index (κ1) is 21.2. The first-order valence-electron chi connectivity index (χ1n) is 9.19. The van der Waals surface area contributed by atoms with E-state index < -0.39 is 10.0 Å². The molecule has 0 aliphatic heterocycles. The van der Waals surface area contributed by atoms with Gasteiger partial charge in [0.15, 0.2) is 0 Å². The lowest BCUT2D eigenvalue weighted by atomic mass is 9.92. The van der Waals surface area contributed by atoms with Crippen molar-refractivity contribution in [3.8, 4) is 5.75 Å². The fourth-order valence-electron chi connectivity index (χ4n) is 2.70. The van der Waals surface area contributed by atoms with Crippen LogP contribution in [0.2, 0.25) is 0 Å². The van der Waals surface area contributed by atoms with Crippen molar-refractivity contribution in [3.05, 3.63) is 65.7 Å². The maximum atomic E-state index is 12.5. The monoisotopic (exact) mass is 387 g/mol. The summed E-state index contributed by atoms with van der Waals surface area (Å²) in [6, 6.07) is 14.8. The molecule has 0 heterocycles. The van der Waals surface area contributed by atoms with Gasteiger partial charge < -0.3 is 4.74 Å². The Morgan fingerprint density at radius 3 is 2.22 bits per heavy atom. The predicted molar refractivity (Wildman–Crippen MR) is 111 cm³/mol. The minimum absolute atomic E-state index is 0.222. The Kier molecular flexibility index (Phi) is 7.63. The van der Waals surface area contributed by atoms with Crippen molar-refractivity contribution in [1.82, 2.24) is 4.72 Å². The zero-order valence-corrected chi connectivity index (χ0v) is 17.3. The maximum absolute atomic E-state index is 12.5. The van der Waals surface area contributed by atoms with Crippen molar-refractivity contribution in [2.24, 2.45) is 11.8 Å². The molecule has 146 valence electrons. The highest BCUT2D eigenvalue weighted by molar-refractivity contribution is 7.89. The molecule has 0 aromatic heterocycles. The molecule has 1 unspecified atom stereocenters. The second-order valence-electron chi connectivity index (χ2n) is 7.08. The molecule has 0 bridgehead atoms. The highest BCUT2D eigenvalue weighted by atomic mass is 32.2. The van der Waals surface area contributed by atoms with E-state index >= 15 is 0 Å². The van der Waals surface area contributed by atoms with E-state index in [2.05, 4.69) is 30.7 Å². The molecule has 0 spiro atoms. The van der Waals surface area contributed by atoms with Crippen LogP contribution in [-0.4, -0.2) is 22.1 Å². The van der Waals surface area contributed by atoms with E-state index in [-0.39, 0.29) is 5.92 Å². The third-order valence-electron chi connectivity index (χ3n) is 4.67. The number of hydrogen-bond donors (Lipinski definition) is 1. The summed E-state index contributed by atoms with van der Waals surface area (Å²) in [5, 5.41) is 0. The van der Waals surface area contributed by atoms with Gasteiger partial charge in [0.1, 0.15) is 5.75 Å². The number of rotatable bonds is 9. The normalized spacial score (nSPS) is 13.2. The maximum Gasteiger partial charge on any atom is 0.240 e. The van der Waals surface area contributed by atoms with E-state index in [9.17, 15) is 8.42 Å². The molecule has 2 rings (SSSR count). The second kappa shape index (κ2) is 9.72. The lowest BCUT2D eigenvalue weighted by molar-refractivity contribution is 0.386. The third-order valence-corrected chi connectivity index (χ3v) is 6.11. The van der Waals surface area contributed by atoms with Crippen molar-refractivity contribution >= 4 is 16.1 Å². The van der Waals surface area contributed by atoms with Gasteiger partial charge in [0.25, 0.3) is 0 Å². The van der Waals surface area contributed by atoms with Crippen LogP contribution in [0, 0.1) is 18.8 Å². The highest BCUT2D eigenvalue weighted by Crippen LogP contribution is 2.19. The molecule has 0 aliphatic carbocycles. The molecule has 2 aromatic rings. The Morgan fingerprint density at radius 2 is 1.67 bits per heavy atom. The summed E-state index contributed by atoms with van der Waals surface area (Å²) in [6.45, 7) is 6.59. The minimum atomic E-state index is -3.48. The summed E-state index contributed by atoms with van der Waals surface area (Å²) in [6.07, 6.45) is 4.97. The van der Waals surface area contributed by atoms with Crippen LogP contribution in [0.4, 0.5) is 0 Å². The fraction of sp³-hybridized carbons (Fsp3) is 0.364. The summed E-state index contributed by atoms with van der Waals surface area (Å²) >= 11 is 0. The van der Waals surface area contributed by atoms with Crippen molar-refractivity contribution in [2.75, 3.05) is 13.7 Å². The Balaban J connectivity index is 1.96. The van der Waals surface area contributed by atoms with Crippen molar-refractivity contribution in [3.63, 3.8) is 0 Å². The number of ether oxygens (including phenoxy) is 1. The zero-order valence-electron chi connectivity index (χ0n) is 16.5. The van der Waals surface area contributed by atoms with Crippen LogP contribution in [0.1, 0.15) is 31.4 Å². The molecule has 0 radical (unpaired) electrons. The molecule has 1 N–H and O–H groups in total. The molecule has 0 fully saturated rings. The van der Waals surface area contributed by atoms with Gasteiger partial charge in [0, 0.05) is 6.54 Å². The lowest BCUT2D eigenvalue weighted by Crippen LogP contribution is -2.31. The summed E-state index contributed by atoms with van der Waals surface area (Å²) in [5.74, 6) is 1.42. The van der Waals surface area contributed by atoms with Crippen molar-refractivity contribution < 1.29 is 13.2 Å². The standard InChI is InChI=1S/C22H29NO3S/c1-17(2)20(7-5-6-19-10-12-21(26-4)13-11-19)16-23-27(24,25)22-14-8-18(3)9-15-22/h5-6,8-15,17,20,23H,7,16H2,1-4H3. The van der Waals surface area contributed by atoms with Gasteiger partial charge in [0.2, 0.25) is 10.0 Å². The largest absolute Gasteiger partial charge is 0.497 e. The van der Waals surface area contributed by atoms with Gasteiger partial charge in [0.05, 0.1) is 12.0 Å². The molecule has 0 saturated heterocycles. The zero-order chi connectivity index (χ0) is 19.9. The number of nitrogens with one attached hydrogen (secondary N) is 1. The topological polar surface area (TPSA) is 55.4 Å². The Morgan fingerprint density at radius 1 is 1.04 bits per heavy atom. The number of allylic oxidation sites excluding steroid dienone is 1. The van der Waals surface area contributed by atoms with E-state index in [4.69, 9.17) is 4.74 Å². The van der Waals surface area contributed by atoms with E-state index in [0.717, 1.165) is 23.3 Å². The first-order valence-corrected chi connectivity index (χ1v) is 10.7. The third kappa shape index (κ3) is 6.52. The van der Waals surface area contributed by atoms with Gasteiger partial charge >= 0.3 is 0 Å². The highest BCUT2D eigenvalue weighted by Gasteiger charge is 2.18. The summed E-state index contributed by atoms with van der Waals surface area (Å²) < 4.78 is 32.9. The van der Waals surface area contributed by atoms with Gasteiger partial charge in [-0.05, 0) is 55.0 Å². The lowest BCUT2D eigenvalue weighted by Gasteiger charge is -2.20. The number of benzene rings is 2. The minimum Gasteiger partial charge on any atom is -0.497 e. The van der Waals surface area contributed by atoms with E-state index in [1.807, 2.05) is 43.3 Å². The van der Waals surface area contributed by atoms with Gasteiger partial charge in [-0.2, -0.15) is 0 Å². The van der Waals surface area contributed by atoms with Gasteiger partial charge in [-0.25, -0.2) is 13.1 Å². The van der Waals surface area contributed by atoms with Crippen LogP contribution in [0.15, 0.2) is 59.5 Å². The summed E-state index contributed by atoms with van der Waals surface area (Å²) in [5.41, 5.74) is 2.14. The van der Waals surface area contributed by atoms with Crippen LogP contribution >= 0.6 is 0 Å². The van der Waals surface area contributed by atoms with Crippen LogP contribution in [0.3, 0.4) is 0 Å². The average Bonchev–Trinajstić information content (AvgIpc) is 2.65. The molecule has 0 aliphatic rings. The number of hydrogen-bond acceptors (Lipinski definition) is 3. The average molecular weight is 388 g/mol. The molecule has 1 atom stereocenters. The van der Waals surface area contributed by atoms with Crippen LogP contribution < -0.4 is 9.46 Å². The Labute approximate surface area is 163 Å². The van der Waals surface area contributed by atoms with Crippen LogP contribution in [0.25, 0.3) is 6.08 Å². The molecular weight excluding hydrogens is 358 g/mol. The van der Waals surface area contributed by atoms with Crippen LogP contribution in [-0.2, 0) is 10.0 Å². The Hall–Kier alpha value is -2.11. The molecule has 0 amide bonds. The van der Waals surface area contributed by atoms with E-state index in [0.29, 0.717) is 17.4 Å². The predicted octanol–water partition coefficient (Wildman–Crippen LogP) is 4.66. The molecule has 0 saturated carbocycles. The van der Waals surface area contributed by atoms with Gasteiger partial charge in [-0.15, -0.1) is 0 Å². The number of methoxy groups -OCH3 is 1. The molecular formula is C22H29NO3S. The molecule has 5 heteroatoms. The second-order valence-corrected chi connectivity index (χ2v) is 8.85. The summed E-state index contributed by atoms with van der Waals surface area (Å²) in [4.78, 5) is 0.310. The van der Waals surface area contributed by atoms with Gasteiger partial charge in [-0.1, -0.05) is 55.8 Å². The van der Waals surface area contributed by atoms with E-state index in [1.165, 1.54) is 0 Å². The van der Waals surface area contributed by atoms with E-state index in [1.54, 1.807) is 19.2 Å². The Bertz CT molecular complexity index is 838. The van der Waals surface area contributed by atoms with Gasteiger partial charge in [-0.3, -0.25) is 0 Å². The first-order chi connectivity index (χ1) is 12.8. The smallest absolute Gasteiger partial charge is 0.240 e. The molecule has 27 heavy (non-hydrogen) atoms. The van der Waals surface area contributed by atoms with Crippen LogP contribution in [0.5, 0.6) is 5.75 Å². The molecule has 2 aromatic carbocycles. The molecule has 4 nitrogen and oxygen atoms in total. The van der Waals surface area contributed by atoms with Crippen molar-refractivity contribution in [1.29, 1.82) is 0 Å². The quantitative estimate of drug-likeness (QED) is 0.681. The SMILES string of the molecule is COc1ccc(C=CCC(CNS(=O)(=O)c2ccc(C)cc2)C(C)C)cc1. The summed E-state index contributed by atoms with van der Waals surface area (Å²) in [7, 11) is -1.83. The fourth-order valence-corrected chi connectivity index (χ4v) is 3.80. The number of aryl methyl sites for hydroxylation is 1. The van der Waals surface area contributed by atoms with Crippen molar-refractivity contribution in [2.45, 2.75) is 32.1 Å². The number of sulfonamides is 1.